The summed E-state index contributed by atoms with van der Waals surface area (Å²) in [6.07, 6.45) is 0. The molecule has 2 rings (SSSR count). The van der Waals surface area contributed by atoms with Crippen molar-refractivity contribution >= 4 is 29.3 Å². The van der Waals surface area contributed by atoms with Crippen molar-refractivity contribution in [1.82, 2.24) is 10.3 Å². The zero-order valence-corrected chi connectivity index (χ0v) is 15.6. The van der Waals surface area contributed by atoms with Crippen molar-refractivity contribution in [2.75, 3.05) is 18.6 Å². The highest BCUT2D eigenvalue weighted by Gasteiger charge is 2.32. The van der Waals surface area contributed by atoms with Gasteiger partial charge in [0.05, 0.1) is 5.69 Å². The molecule has 1 aliphatic rings. The summed E-state index contributed by atoms with van der Waals surface area (Å²) in [5, 5.41) is 1.28. The zero-order valence-electron chi connectivity index (χ0n) is 15.6. The van der Waals surface area contributed by atoms with E-state index in [0.29, 0.717) is 5.69 Å². The molecule has 0 aliphatic carbocycles. The molecule has 1 aliphatic heterocycles. The zero-order chi connectivity index (χ0) is 19.5. The monoisotopic (exact) mass is 360 g/mol. The van der Waals surface area contributed by atoms with Crippen LogP contribution in [0.2, 0.25) is 0 Å². The van der Waals surface area contributed by atoms with Gasteiger partial charge in [0.2, 0.25) is 5.84 Å². The van der Waals surface area contributed by atoms with Gasteiger partial charge < -0.3 is 9.64 Å². The number of likely N-dealkylation sites (N-methyl/N-ethyl adjacent to an activating group) is 1. The third kappa shape index (κ3) is 4.81. The van der Waals surface area contributed by atoms with Gasteiger partial charge in [-0.3, -0.25) is 19.8 Å². The number of hydrogen-bond acceptors (Lipinski definition) is 6. The second-order valence-electron chi connectivity index (χ2n) is 7.02. The van der Waals surface area contributed by atoms with Crippen LogP contribution in [-0.2, 0) is 19.1 Å². The molecule has 0 aromatic heterocycles. The summed E-state index contributed by atoms with van der Waals surface area (Å²) in [5.41, 5.74) is 2.71. The molecule has 1 aromatic carbocycles. The van der Waals surface area contributed by atoms with Crippen LogP contribution in [0.5, 0.6) is 0 Å². The first-order chi connectivity index (χ1) is 12.1. The first kappa shape index (κ1) is 19.4. The molecular weight excluding hydrogens is 336 g/mol. The highest BCUT2D eigenvalue weighted by Crippen LogP contribution is 2.16. The molecule has 0 radical (unpaired) electrons. The standard InChI is InChI=1S/C18H24N4O4/c1-12-16(24)22(13-9-7-6-8-10-13)20-15(19-12)17(25)21(5)11-14(23)26-18(2,3)4/h6-10,12H,11H2,1-5H3,(H,19,20). The molecule has 8 heteroatoms. The molecule has 8 nitrogen and oxygen atoms in total. The Bertz CT molecular complexity index is 724. The van der Waals surface area contributed by atoms with Gasteiger partial charge in [-0.1, -0.05) is 18.2 Å². The molecule has 1 unspecified atom stereocenters. The number of carbonyl (C=O) groups is 3. The lowest BCUT2D eigenvalue weighted by Gasteiger charge is -2.31. The molecule has 0 bridgehead atoms. The highest BCUT2D eigenvalue weighted by molar-refractivity contribution is 6.39. The van der Waals surface area contributed by atoms with E-state index in [-0.39, 0.29) is 18.3 Å². The van der Waals surface area contributed by atoms with Gasteiger partial charge in [0.1, 0.15) is 18.2 Å². The van der Waals surface area contributed by atoms with E-state index < -0.39 is 23.5 Å². The van der Waals surface area contributed by atoms with Crippen LogP contribution in [0, 0.1) is 0 Å². The molecular formula is C18H24N4O4. The minimum atomic E-state index is -0.717. The van der Waals surface area contributed by atoms with Crippen molar-refractivity contribution in [3.63, 3.8) is 0 Å². The number of ether oxygens (including phenoxy) is 1. The van der Waals surface area contributed by atoms with Crippen molar-refractivity contribution in [3.05, 3.63) is 30.3 Å². The molecule has 2 amide bonds. The maximum Gasteiger partial charge on any atom is 0.326 e. The van der Waals surface area contributed by atoms with E-state index in [0.717, 1.165) is 0 Å². The molecule has 1 N–H and O–H groups in total. The number of amidine groups is 1. The van der Waals surface area contributed by atoms with Crippen molar-refractivity contribution in [2.24, 2.45) is 4.99 Å². The Labute approximate surface area is 152 Å². The van der Waals surface area contributed by atoms with Crippen molar-refractivity contribution in [1.29, 1.82) is 0 Å². The van der Waals surface area contributed by atoms with Crippen LogP contribution in [0.1, 0.15) is 27.7 Å². The molecule has 1 atom stereocenters. The SMILES string of the molecule is CC1N=C(C(=O)N(C)CC(=O)OC(C)(C)C)NN(c2ccccc2)C1=O. The summed E-state index contributed by atoms with van der Waals surface area (Å²) in [7, 11) is 1.48. The number of nitrogens with one attached hydrogen (secondary N) is 1. The quantitative estimate of drug-likeness (QED) is 0.813. The normalized spacial score (nSPS) is 17.3. The fraction of sp³-hybridized carbons (Fsp3) is 0.444. The van der Waals surface area contributed by atoms with Crippen LogP contribution >= 0.6 is 0 Å². The van der Waals surface area contributed by atoms with Gasteiger partial charge in [0.15, 0.2) is 0 Å². The Morgan fingerprint density at radius 1 is 1.27 bits per heavy atom. The molecule has 0 saturated heterocycles. The summed E-state index contributed by atoms with van der Waals surface area (Å²) >= 11 is 0. The van der Waals surface area contributed by atoms with E-state index in [2.05, 4.69) is 10.4 Å². The Kier molecular flexibility index (Phi) is 5.64. The predicted molar refractivity (Wildman–Crippen MR) is 97.4 cm³/mol. The predicted octanol–water partition coefficient (Wildman–Crippen LogP) is 1.12. The number of para-hydroxylation sites is 1. The summed E-state index contributed by atoms with van der Waals surface area (Å²) < 4.78 is 5.22. The molecule has 0 saturated carbocycles. The van der Waals surface area contributed by atoms with Crippen LogP contribution < -0.4 is 10.4 Å². The molecule has 26 heavy (non-hydrogen) atoms. The molecule has 0 spiro atoms. The summed E-state index contributed by atoms with van der Waals surface area (Å²) in [6, 6.07) is 8.18. The molecule has 1 heterocycles. The topological polar surface area (TPSA) is 91.3 Å². The lowest BCUT2D eigenvalue weighted by atomic mass is 10.2. The van der Waals surface area contributed by atoms with Gasteiger partial charge in [0, 0.05) is 7.05 Å². The fourth-order valence-corrected chi connectivity index (χ4v) is 2.32. The van der Waals surface area contributed by atoms with Gasteiger partial charge in [0.25, 0.3) is 11.8 Å². The third-order valence-electron chi connectivity index (χ3n) is 3.47. The lowest BCUT2D eigenvalue weighted by molar-refractivity contribution is -0.157. The number of carbonyl (C=O) groups excluding carboxylic acids is 3. The number of hydrogen-bond donors (Lipinski definition) is 1. The first-order valence-corrected chi connectivity index (χ1v) is 8.29. The van der Waals surface area contributed by atoms with Crippen LogP contribution in [0.3, 0.4) is 0 Å². The fourth-order valence-electron chi connectivity index (χ4n) is 2.32. The number of anilines is 1. The van der Waals surface area contributed by atoms with E-state index in [9.17, 15) is 14.4 Å². The van der Waals surface area contributed by atoms with Gasteiger partial charge >= 0.3 is 5.97 Å². The maximum absolute atomic E-state index is 12.6. The molecule has 140 valence electrons. The molecule has 0 fully saturated rings. The Hall–Kier alpha value is -2.90. The highest BCUT2D eigenvalue weighted by atomic mass is 16.6. The number of amides is 2. The lowest BCUT2D eigenvalue weighted by Crippen LogP contribution is -2.58. The Morgan fingerprint density at radius 2 is 1.88 bits per heavy atom. The number of benzene rings is 1. The minimum Gasteiger partial charge on any atom is -0.459 e. The smallest absolute Gasteiger partial charge is 0.326 e. The van der Waals surface area contributed by atoms with Crippen molar-refractivity contribution in [3.8, 4) is 0 Å². The molecule has 1 aromatic rings. The average molecular weight is 360 g/mol. The summed E-state index contributed by atoms with van der Waals surface area (Å²) in [4.78, 5) is 42.2. The van der Waals surface area contributed by atoms with Gasteiger partial charge in [-0.05, 0) is 39.8 Å². The van der Waals surface area contributed by atoms with E-state index in [1.807, 2.05) is 6.07 Å². The van der Waals surface area contributed by atoms with Crippen molar-refractivity contribution < 1.29 is 19.1 Å². The minimum absolute atomic E-state index is 0.00740. The number of rotatable bonds is 4. The van der Waals surface area contributed by atoms with Gasteiger partial charge in [-0.15, -0.1) is 0 Å². The maximum atomic E-state index is 12.6. The van der Waals surface area contributed by atoms with Crippen LogP contribution in [-0.4, -0.2) is 53.8 Å². The average Bonchev–Trinajstić information content (AvgIpc) is 2.55. The first-order valence-electron chi connectivity index (χ1n) is 8.29. The largest absolute Gasteiger partial charge is 0.459 e. The van der Waals surface area contributed by atoms with Gasteiger partial charge in [-0.25, -0.2) is 10.0 Å². The van der Waals surface area contributed by atoms with Gasteiger partial charge in [-0.2, -0.15) is 0 Å². The summed E-state index contributed by atoms with van der Waals surface area (Å²) in [6.45, 7) is 6.66. The van der Waals surface area contributed by atoms with E-state index >= 15 is 0 Å². The number of hydrazine groups is 1. The third-order valence-corrected chi connectivity index (χ3v) is 3.47. The second kappa shape index (κ2) is 7.55. The Balaban J connectivity index is 2.11. The van der Waals surface area contributed by atoms with Crippen LogP contribution in [0.25, 0.3) is 0 Å². The van der Waals surface area contributed by atoms with Crippen molar-refractivity contribution in [2.45, 2.75) is 39.3 Å². The van der Waals surface area contributed by atoms with E-state index in [4.69, 9.17) is 4.74 Å². The van der Waals surface area contributed by atoms with Crippen LogP contribution in [0.4, 0.5) is 5.69 Å². The van der Waals surface area contributed by atoms with E-state index in [1.165, 1.54) is 17.0 Å². The second-order valence-corrected chi connectivity index (χ2v) is 7.02. The summed E-state index contributed by atoms with van der Waals surface area (Å²) in [5.74, 6) is -1.31. The van der Waals surface area contributed by atoms with E-state index in [1.54, 1.807) is 52.0 Å². The number of aliphatic imine (C=N–C) groups is 1. The number of nitrogens with zero attached hydrogens (tertiary/aromatic N) is 3. The van der Waals surface area contributed by atoms with Crippen LogP contribution in [0.15, 0.2) is 35.3 Å². The Morgan fingerprint density at radius 3 is 2.46 bits per heavy atom. The number of esters is 1.